The molecule has 0 amide bonds. The van der Waals surface area contributed by atoms with Gasteiger partial charge < -0.3 is 9.73 Å². The van der Waals surface area contributed by atoms with Gasteiger partial charge in [0.2, 0.25) is 0 Å². The number of benzene rings is 1. The van der Waals surface area contributed by atoms with E-state index in [1.165, 1.54) is 16.7 Å². The molecule has 0 aliphatic carbocycles. The van der Waals surface area contributed by atoms with Crippen molar-refractivity contribution in [2.75, 3.05) is 13.1 Å². The molecular formula is C18H26N2O. The Labute approximate surface area is 127 Å². The Balaban J connectivity index is 1.93. The Bertz CT molecular complexity index is 552. The van der Waals surface area contributed by atoms with Crippen molar-refractivity contribution in [1.29, 1.82) is 0 Å². The largest absolute Gasteiger partial charge is 0.441 e. The van der Waals surface area contributed by atoms with Gasteiger partial charge in [-0.15, -0.1) is 0 Å². The minimum atomic E-state index is 0.697. The lowest BCUT2D eigenvalue weighted by atomic mass is 10.0. The molecule has 2 rings (SSSR count). The summed E-state index contributed by atoms with van der Waals surface area (Å²) in [6, 6.07) is 6.30. The third-order valence-electron chi connectivity index (χ3n) is 3.58. The maximum Gasteiger partial charge on any atom is 0.194 e. The van der Waals surface area contributed by atoms with Crippen molar-refractivity contribution in [2.24, 2.45) is 5.92 Å². The second kappa shape index (κ2) is 7.41. The quantitative estimate of drug-likeness (QED) is 0.777. The summed E-state index contributed by atoms with van der Waals surface area (Å²) in [5, 5.41) is 3.44. The molecule has 0 saturated carbocycles. The maximum absolute atomic E-state index is 5.92. The first-order valence-electron chi connectivity index (χ1n) is 7.80. The van der Waals surface area contributed by atoms with E-state index in [0.717, 1.165) is 37.6 Å². The lowest BCUT2D eigenvalue weighted by molar-refractivity contribution is 0.483. The third-order valence-corrected chi connectivity index (χ3v) is 3.58. The first-order valence-corrected chi connectivity index (χ1v) is 7.80. The predicted octanol–water partition coefficient (Wildman–Crippen LogP) is 4.14. The molecule has 114 valence electrons. The third kappa shape index (κ3) is 4.43. The molecule has 0 aliphatic rings. The Hall–Kier alpha value is -1.61. The van der Waals surface area contributed by atoms with E-state index < -0.39 is 0 Å². The summed E-state index contributed by atoms with van der Waals surface area (Å²) < 4.78 is 5.92. The fraction of sp³-hybridized carbons (Fsp3) is 0.500. The summed E-state index contributed by atoms with van der Waals surface area (Å²) in [5.41, 5.74) is 3.64. The van der Waals surface area contributed by atoms with E-state index >= 15 is 0 Å². The van der Waals surface area contributed by atoms with Crippen molar-refractivity contribution in [2.45, 2.75) is 40.5 Å². The number of hydrogen-bond donors (Lipinski definition) is 1. The molecule has 21 heavy (non-hydrogen) atoms. The van der Waals surface area contributed by atoms with Crippen LogP contribution in [-0.4, -0.2) is 18.1 Å². The molecule has 0 aliphatic heterocycles. The number of nitrogens with zero attached hydrogens (tertiary/aromatic N) is 1. The molecule has 1 N–H and O–H groups in total. The fourth-order valence-electron chi connectivity index (χ4n) is 2.50. The summed E-state index contributed by atoms with van der Waals surface area (Å²) in [6.45, 7) is 10.7. The zero-order valence-corrected chi connectivity index (χ0v) is 13.6. The predicted molar refractivity (Wildman–Crippen MR) is 87.4 cm³/mol. The van der Waals surface area contributed by atoms with Gasteiger partial charge >= 0.3 is 0 Å². The van der Waals surface area contributed by atoms with Gasteiger partial charge in [-0.05, 0) is 50.4 Å². The van der Waals surface area contributed by atoms with Crippen LogP contribution >= 0.6 is 0 Å². The number of hydrogen-bond acceptors (Lipinski definition) is 3. The molecule has 0 unspecified atom stereocenters. The van der Waals surface area contributed by atoms with Gasteiger partial charge in [0.25, 0.3) is 0 Å². The number of aryl methyl sites for hydroxylation is 3. The van der Waals surface area contributed by atoms with Crippen LogP contribution in [-0.2, 0) is 6.42 Å². The first kappa shape index (κ1) is 15.8. The Kier molecular flexibility index (Phi) is 5.57. The molecule has 0 saturated heterocycles. The molecule has 1 aromatic heterocycles. The molecule has 3 nitrogen and oxygen atoms in total. The van der Waals surface area contributed by atoms with Crippen LogP contribution in [0.2, 0.25) is 0 Å². The monoisotopic (exact) mass is 286 g/mol. The van der Waals surface area contributed by atoms with Crippen LogP contribution in [0.4, 0.5) is 0 Å². The summed E-state index contributed by atoms with van der Waals surface area (Å²) >= 11 is 0. The van der Waals surface area contributed by atoms with Crippen molar-refractivity contribution in [3.05, 3.63) is 41.4 Å². The lowest BCUT2D eigenvalue weighted by Crippen LogP contribution is -2.21. The average molecular weight is 286 g/mol. The summed E-state index contributed by atoms with van der Waals surface area (Å²) in [4.78, 5) is 4.41. The van der Waals surface area contributed by atoms with E-state index in [0.29, 0.717) is 5.92 Å². The van der Waals surface area contributed by atoms with E-state index in [2.05, 4.69) is 56.2 Å². The Morgan fingerprint density at radius 1 is 1.19 bits per heavy atom. The second-order valence-electron chi connectivity index (χ2n) is 6.09. The number of aromatic nitrogens is 1. The van der Waals surface area contributed by atoms with Gasteiger partial charge in [0.05, 0.1) is 6.20 Å². The topological polar surface area (TPSA) is 38.1 Å². The van der Waals surface area contributed by atoms with Gasteiger partial charge in [0.15, 0.2) is 11.7 Å². The number of rotatable bonds is 7. The summed E-state index contributed by atoms with van der Waals surface area (Å²) in [6.07, 6.45) is 3.79. The van der Waals surface area contributed by atoms with Crippen LogP contribution in [0.1, 0.15) is 37.3 Å². The van der Waals surface area contributed by atoms with E-state index in [1.807, 2.05) is 6.20 Å². The van der Waals surface area contributed by atoms with Crippen LogP contribution in [0.3, 0.4) is 0 Å². The Morgan fingerprint density at radius 3 is 2.57 bits per heavy atom. The van der Waals surface area contributed by atoms with Crippen LogP contribution in [0.15, 0.2) is 28.8 Å². The zero-order valence-electron chi connectivity index (χ0n) is 13.6. The highest BCUT2D eigenvalue weighted by atomic mass is 16.4. The van der Waals surface area contributed by atoms with Crippen LogP contribution in [0.25, 0.3) is 11.3 Å². The first-order chi connectivity index (χ1) is 10.1. The SMILES string of the molecule is Cc1cccc(C)c1-c1cnc(CCCNCC(C)C)o1. The molecule has 0 spiro atoms. The number of oxazole rings is 1. The molecular weight excluding hydrogens is 260 g/mol. The van der Waals surface area contributed by atoms with Crippen LogP contribution in [0, 0.1) is 19.8 Å². The molecule has 2 aromatic rings. The van der Waals surface area contributed by atoms with Crippen LogP contribution in [0.5, 0.6) is 0 Å². The highest BCUT2D eigenvalue weighted by molar-refractivity contribution is 5.65. The average Bonchev–Trinajstić information content (AvgIpc) is 2.86. The maximum atomic E-state index is 5.92. The highest BCUT2D eigenvalue weighted by Crippen LogP contribution is 2.27. The smallest absolute Gasteiger partial charge is 0.194 e. The molecule has 0 radical (unpaired) electrons. The van der Waals surface area contributed by atoms with Crippen molar-refractivity contribution >= 4 is 0 Å². The summed E-state index contributed by atoms with van der Waals surface area (Å²) in [5.74, 6) is 2.41. The van der Waals surface area contributed by atoms with E-state index in [9.17, 15) is 0 Å². The van der Waals surface area contributed by atoms with Crippen molar-refractivity contribution in [1.82, 2.24) is 10.3 Å². The minimum Gasteiger partial charge on any atom is -0.441 e. The molecule has 0 fully saturated rings. The van der Waals surface area contributed by atoms with Gasteiger partial charge in [0.1, 0.15) is 0 Å². The molecule has 1 aromatic carbocycles. The Morgan fingerprint density at radius 2 is 1.90 bits per heavy atom. The van der Waals surface area contributed by atoms with Gasteiger partial charge in [-0.1, -0.05) is 32.0 Å². The van der Waals surface area contributed by atoms with E-state index in [-0.39, 0.29) is 0 Å². The van der Waals surface area contributed by atoms with Gasteiger partial charge in [-0.2, -0.15) is 0 Å². The molecule has 0 atom stereocenters. The van der Waals surface area contributed by atoms with Crippen LogP contribution < -0.4 is 5.32 Å². The van der Waals surface area contributed by atoms with Crippen molar-refractivity contribution < 1.29 is 4.42 Å². The standard InChI is InChI=1S/C18H26N2O/c1-13(2)11-19-10-6-9-17-20-12-16(21-17)18-14(3)7-5-8-15(18)4/h5,7-8,12-13,19H,6,9-11H2,1-4H3. The van der Waals surface area contributed by atoms with E-state index in [4.69, 9.17) is 4.42 Å². The fourth-order valence-corrected chi connectivity index (χ4v) is 2.50. The zero-order chi connectivity index (χ0) is 15.2. The molecule has 0 bridgehead atoms. The molecule has 1 heterocycles. The lowest BCUT2D eigenvalue weighted by Gasteiger charge is -2.06. The van der Waals surface area contributed by atoms with Crippen molar-refractivity contribution in [3.63, 3.8) is 0 Å². The van der Waals surface area contributed by atoms with Crippen molar-refractivity contribution in [3.8, 4) is 11.3 Å². The highest BCUT2D eigenvalue weighted by Gasteiger charge is 2.11. The molecule has 3 heteroatoms. The second-order valence-corrected chi connectivity index (χ2v) is 6.09. The minimum absolute atomic E-state index is 0.697. The van der Waals surface area contributed by atoms with Gasteiger partial charge in [0, 0.05) is 12.0 Å². The van der Waals surface area contributed by atoms with Gasteiger partial charge in [-0.3, -0.25) is 0 Å². The normalized spacial score (nSPS) is 11.3. The summed E-state index contributed by atoms with van der Waals surface area (Å²) in [7, 11) is 0. The number of nitrogens with one attached hydrogen (secondary N) is 1. The van der Waals surface area contributed by atoms with Gasteiger partial charge in [-0.25, -0.2) is 4.98 Å². The van der Waals surface area contributed by atoms with E-state index in [1.54, 1.807) is 0 Å².